The fraction of sp³-hybridized carbons (Fsp3) is 0.576. The number of aryl methyl sites for hydroxylation is 1. The van der Waals surface area contributed by atoms with Crippen molar-refractivity contribution in [3.8, 4) is 5.75 Å². The van der Waals surface area contributed by atoms with Gasteiger partial charge in [0.1, 0.15) is 23.6 Å². The van der Waals surface area contributed by atoms with Crippen LogP contribution in [0.4, 0.5) is 0 Å². The van der Waals surface area contributed by atoms with E-state index in [-0.39, 0.29) is 16.5 Å². The highest BCUT2D eigenvalue weighted by Gasteiger charge is 2.58. The van der Waals surface area contributed by atoms with Crippen molar-refractivity contribution < 1.29 is 36.5 Å². The molecule has 7 atom stereocenters. The van der Waals surface area contributed by atoms with Crippen LogP contribution in [0.15, 0.2) is 65.6 Å². The lowest BCUT2D eigenvalue weighted by atomic mass is 9.92. The van der Waals surface area contributed by atoms with Crippen LogP contribution in [0.5, 0.6) is 5.75 Å². The molecular weight excluding hydrogens is 585 g/mol. The molecule has 2 aromatic carbocycles. The largest absolute Gasteiger partial charge is 0.497 e. The van der Waals surface area contributed by atoms with Gasteiger partial charge in [-0.2, -0.15) is 0 Å². The second-order valence-corrected chi connectivity index (χ2v) is 20.8. The molecule has 0 aromatic heterocycles. The second kappa shape index (κ2) is 11.4. The summed E-state index contributed by atoms with van der Waals surface area (Å²) in [5.74, 6) is 0.758. The van der Waals surface area contributed by atoms with Crippen LogP contribution in [0, 0.1) is 6.92 Å². The maximum absolute atomic E-state index is 13.4. The molecule has 43 heavy (non-hydrogen) atoms. The van der Waals surface area contributed by atoms with Gasteiger partial charge in [-0.15, -0.1) is 0 Å². The monoisotopic (exact) mass is 630 g/mol. The minimum Gasteiger partial charge on any atom is -0.497 e. The Morgan fingerprint density at radius 3 is 2.23 bits per heavy atom. The van der Waals surface area contributed by atoms with Crippen LogP contribution in [-0.2, 0) is 33.2 Å². The third kappa shape index (κ3) is 6.52. The first kappa shape index (κ1) is 32.3. The predicted molar refractivity (Wildman–Crippen MR) is 167 cm³/mol. The van der Waals surface area contributed by atoms with E-state index in [0.717, 1.165) is 16.9 Å². The van der Waals surface area contributed by atoms with E-state index in [9.17, 15) is 8.42 Å². The van der Waals surface area contributed by atoms with Crippen LogP contribution in [0.1, 0.15) is 58.5 Å². The smallest absolute Gasteiger partial charge is 0.207 e. The minimum atomic E-state index is -3.66. The third-order valence-corrected chi connectivity index (χ3v) is 15.7. The summed E-state index contributed by atoms with van der Waals surface area (Å²) in [6, 6.07) is 14.5. The molecule has 10 heteroatoms. The topological polar surface area (TPSA) is 92.8 Å². The van der Waals surface area contributed by atoms with E-state index in [4.69, 9.17) is 28.1 Å². The van der Waals surface area contributed by atoms with Gasteiger partial charge in [-0.1, -0.05) is 62.8 Å². The van der Waals surface area contributed by atoms with E-state index in [0.29, 0.717) is 6.42 Å². The quantitative estimate of drug-likeness (QED) is 0.185. The fourth-order valence-corrected chi connectivity index (χ4v) is 8.41. The number of ether oxygens (including phenoxy) is 5. The third-order valence-electron chi connectivity index (χ3n) is 9.34. The maximum atomic E-state index is 13.4. The Bertz CT molecular complexity index is 1430. The maximum Gasteiger partial charge on any atom is 0.207 e. The average Bonchev–Trinajstić information content (AvgIpc) is 3.71. The van der Waals surface area contributed by atoms with Crippen LogP contribution >= 0.6 is 0 Å². The zero-order chi connectivity index (χ0) is 31.4. The number of hydrogen-bond acceptors (Lipinski definition) is 8. The Labute approximate surface area is 257 Å². The molecule has 5 rings (SSSR count). The minimum absolute atomic E-state index is 0.0445. The lowest BCUT2D eigenvalue weighted by Crippen LogP contribution is -2.58. The number of rotatable bonds is 8. The van der Waals surface area contributed by atoms with E-state index < -0.39 is 59.4 Å². The van der Waals surface area contributed by atoms with Gasteiger partial charge in [0, 0.05) is 12.0 Å². The van der Waals surface area contributed by atoms with Gasteiger partial charge < -0.3 is 28.1 Å². The van der Waals surface area contributed by atoms with E-state index in [2.05, 4.69) is 33.9 Å². The van der Waals surface area contributed by atoms with E-state index in [1.54, 1.807) is 31.4 Å². The molecule has 0 spiro atoms. The molecule has 0 radical (unpaired) electrons. The summed E-state index contributed by atoms with van der Waals surface area (Å²) in [5.41, 5.74) is -0.818. The molecule has 0 saturated carbocycles. The number of methoxy groups -OCH3 is 1. The number of hydrogen-bond donors (Lipinski definition) is 0. The Morgan fingerprint density at radius 2 is 1.63 bits per heavy atom. The molecule has 3 aliphatic heterocycles. The summed E-state index contributed by atoms with van der Waals surface area (Å²) < 4.78 is 64.7. The molecule has 8 nitrogen and oxygen atoms in total. The molecule has 4 unspecified atom stereocenters. The zero-order valence-electron chi connectivity index (χ0n) is 26.7. The molecule has 0 amide bonds. The van der Waals surface area contributed by atoms with Crippen molar-refractivity contribution in [3.63, 3.8) is 0 Å². The van der Waals surface area contributed by atoms with Crippen molar-refractivity contribution in [3.05, 3.63) is 71.8 Å². The number of epoxide rings is 1. The molecule has 0 aliphatic carbocycles. The molecule has 236 valence electrons. The van der Waals surface area contributed by atoms with Gasteiger partial charge in [0.05, 0.1) is 30.3 Å². The Morgan fingerprint density at radius 1 is 0.977 bits per heavy atom. The van der Waals surface area contributed by atoms with Gasteiger partial charge in [0.2, 0.25) is 9.84 Å². The number of benzene rings is 2. The van der Waals surface area contributed by atoms with Crippen LogP contribution in [0.2, 0.25) is 18.1 Å². The molecule has 2 aromatic rings. The summed E-state index contributed by atoms with van der Waals surface area (Å²) in [6.45, 7) is 17.2. The fourth-order valence-electron chi connectivity index (χ4n) is 5.53. The lowest BCUT2D eigenvalue weighted by Gasteiger charge is -2.49. The summed E-state index contributed by atoms with van der Waals surface area (Å²) in [6.07, 6.45) is 2.41. The Hall–Kier alpha value is -2.05. The first-order valence-electron chi connectivity index (χ1n) is 14.9. The molecule has 3 aliphatic rings. The molecule has 2 fully saturated rings. The molecular formula is C33H46O8SSi. The van der Waals surface area contributed by atoms with Gasteiger partial charge in [0.25, 0.3) is 0 Å². The lowest BCUT2D eigenvalue weighted by molar-refractivity contribution is -0.312. The normalized spacial score (nSPS) is 33.0. The van der Waals surface area contributed by atoms with E-state index in [1.165, 1.54) is 0 Å². The van der Waals surface area contributed by atoms with Crippen LogP contribution in [0.25, 0.3) is 0 Å². The van der Waals surface area contributed by atoms with E-state index >= 15 is 0 Å². The number of sulfone groups is 1. The van der Waals surface area contributed by atoms with Crippen molar-refractivity contribution in [2.75, 3.05) is 13.7 Å². The highest BCUT2D eigenvalue weighted by atomic mass is 32.2. The number of fused-ring (bicyclic) bond motifs is 1. The van der Waals surface area contributed by atoms with Crippen LogP contribution < -0.4 is 4.74 Å². The summed E-state index contributed by atoms with van der Waals surface area (Å²) in [7, 11) is -4.30. The van der Waals surface area contributed by atoms with Crippen molar-refractivity contribution in [2.24, 2.45) is 0 Å². The first-order valence-corrected chi connectivity index (χ1v) is 19.4. The van der Waals surface area contributed by atoms with Gasteiger partial charge in [0.15, 0.2) is 20.0 Å². The molecule has 3 heterocycles. The van der Waals surface area contributed by atoms with E-state index in [1.807, 2.05) is 57.2 Å². The zero-order valence-corrected chi connectivity index (χ0v) is 28.6. The van der Waals surface area contributed by atoms with Crippen LogP contribution in [0.3, 0.4) is 0 Å². The SMILES string of the molecule is COc1ccc([C@H]2OCC3(C)O[C@@](C)(CC4OC4S(=O)(=O)c4ccc(C)cc4)[C@@H](O[Si](C)(C)C(C)(C)C)C=CC3O2)cc1. The summed E-state index contributed by atoms with van der Waals surface area (Å²) in [4.78, 5) is 0.261. The molecule has 0 bridgehead atoms. The van der Waals surface area contributed by atoms with Gasteiger partial charge >= 0.3 is 0 Å². The summed E-state index contributed by atoms with van der Waals surface area (Å²) >= 11 is 0. The predicted octanol–water partition coefficient (Wildman–Crippen LogP) is 6.50. The van der Waals surface area contributed by atoms with Gasteiger partial charge in [-0.3, -0.25) is 0 Å². The molecule has 0 N–H and O–H groups in total. The first-order chi connectivity index (χ1) is 20.0. The second-order valence-electron chi connectivity index (χ2n) is 14.0. The van der Waals surface area contributed by atoms with Crippen molar-refractivity contribution in [1.82, 2.24) is 0 Å². The average molecular weight is 631 g/mol. The highest BCUT2D eigenvalue weighted by molar-refractivity contribution is 7.92. The Kier molecular flexibility index (Phi) is 8.57. The van der Waals surface area contributed by atoms with Crippen LogP contribution in [-0.4, -0.2) is 65.4 Å². The molecule has 2 saturated heterocycles. The Balaban J connectivity index is 1.41. The highest BCUT2D eigenvalue weighted by Crippen LogP contribution is 2.48. The standard InChI is InChI=1S/C33H46O8SSi/c1-22-10-16-25(17-11-22)42(34,35)30-26(38-30)20-32(5)28(40-43(8,9)31(2,3)4)19-18-27-33(6,41-32)21-37-29(39-27)23-12-14-24(36-7)15-13-23/h10-19,26-30H,20-21H2,1-9H3/t26?,27?,28-,29-,30?,32-,33?/m0/s1. The van der Waals surface area contributed by atoms with Gasteiger partial charge in [-0.25, -0.2) is 8.42 Å². The summed E-state index contributed by atoms with van der Waals surface area (Å²) in [5, 5.41) is -0.0445. The van der Waals surface area contributed by atoms with Crippen molar-refractivity contribution >= 4 is 18.2 Å². The van der Waals surface area contributed by atoms with Gasteiger partial charge in [-0.05, 0) is 63.2 Å². The van der Waals surface area contributed by atoms with Crippen molar-refractivity contribution in [1.29, 1.82) is 0 Å². The van der Waals surface area contributed by atoms with Crippen molar-refractivity contribution in [2.45, 2.75) is 112 Å².